The van der Waals surface area contributed by atoms with Crippen molar-refractivity contribution in [3.63, 3.8) is 0 Å². The van der Waals surface area contributed by atoms with Crippen LogP contribution in [0, 0.1) is 0 Å². The van der Waals surface area contributed by atoms with Crippen molar-refractivity contribution < 1.29 is 14.3 Å². The second-order valence-corrected chi connectivity index (χ2v) is 4.27. The maximum absolute atomic E-state index is 11.3. The number of amides is 1. The summed E-state index contributed by atoms with van der Waals surface area (Å²) in [5.74, 6) is 0.878. The van der Waals surface area contributed by atoms with Gasteiger partial charge >= 0.3 is 0 Å². The molecular weight excluding hydrogens is 230 g/mol. The van der Waals surface area contributed by atoms with Crippen LogP contribution in [0.2, 0.25) is 0 Å². The molecule has 0 spiro atoms. The zero-order chi connectivity index (χ0) is 12.8. The lowest BCUT2D eigenvalue weighted by molar-refractivity contribution is -0.116. The molecule has 1 heterocycles. The summed E-state index contributed by atoms with van der Waals surface area (Å²) in [6, 6.07) is 5.87. The van der Waals surface area contributed by atoms with Crippen LogP contribution in [0.15, 0.2) is 18.2 Å². The third-order valence-electron chi connectivity index (χ3n) is 2.88. The highest BCUT2D eigenvalue weighted by molar-refractivity contribution is 5.94. The van der Waals surface area contributed by atoms with Crippen molar-refractivity contribution in [2.45, 2.75) is 26.2 Å². The van der Waals surface area contributed by atoms with Crippen molar-refractivity contribution in [3.8, 4) is 5.75 Å². The third-order valence-corrected chi connectivity index (χ3v) is 2.88. The number of benzene rings is 1. The molecule has 0 radical (unpaired) electrons. The van der Waals surface area contributed by atoms with Gasteiger partial charge in [-0.25, -0.2) is 0 Å². The van der Waals surface area contributed by atoms with Crippen LogP contribution in [0.1, 0.15) is 25.3 Å². The second kappa shape index (κ2) is 6.40. The Bertz CT molecular complexity index is 418. The Labute approximate surface area is 107 Å². The first-order chi connectivity index (χ1) is 8.79. The standard InChI is InChI=1S/C14H19NO3/c1-2-17-8-3-9-18-12-6-4-11-5-7-14(16)15-13(11)10-12/h4,6,10H,2-3,5,7-9H2,1H3,(H,15,16). The van der Waals surface area contributed by atoms with Crippen LogP contribution in [-0.4, -0.2) is 25.7 Å². The van der Waals surface area contributed by atoms with Gasteiger partial charge in [0.15, 0.2) is 0 Å². The SMILES string of the molecule is CCOCCCOc1ccc2c(c1)NC(=O)CC2. The number of hydrogen-bond acceptors (Lipinski definition) is 3. The highest BCUT2D eigenvalue weighted by atomic mass is 16.5. The Kier molecular flexibility index (Phi) is 4.59. The second-order valence-electron chi connectivity index (χ2n) is 4.27. The lowest BCUT2D eigenvalue weighted by Crippen LogP contribution is -2.18. The van der Waals surface area contributed by atoms with E-state index < -0.39 is 0 Å². The molecule has 4 nitrogen and oxygen atoms in total. The van der Waals surface area contributed by atoms with Crippen LogP contribution in [0.25, 0.3) is 0 Å². The van der Waals surface area contributed by atoms with Gasteiger partial charge < -0.3 is 14.8 Å². The monoisotopic (exact) mass is 249 g/mol. The fourth-order valence-electron chi connectivity index (χ4n) is 1.94. The summed E-state index contributed by atoms with van der Waals surface area (Å²) in [7, 11) is 0. The zero-order valence-corrected chi connectivity index (χ0v) is 10.7. The molecular formula is C14H19NO3. The molecule has 0 atom stereocenters. The molecule has 0 aromatic heterocycles. The normalized spacial score (nSPS) is 13.9. The fraction of sp³-hybridized carbons (Fsp3) is 0.500. The number of rotatable bonds is 6. The number of hydrogen-bond donors (Lipinski definition) is 1. The molecule has 1 amide bonds. The Morgan fingerprint density at radius 2 is 2.17 bits per heavy atom. The predicted molar refractivity (Wildman–Crippen MR) is 70.0 cm³/mol. The first kappa shape index (κ1) is 12.9. The van der Waals surface area contributed by atoms with E-state index in [1.165, 1.54) is 5.56 Å². The van der Waals surface area contributed by atoms with Gasteiger partial charge in [-0.05, 0) is 25.0 Å². The van der Waals surface area contributed by atoms with Gasteiger partial charge in [0.1, 0.15) is 5.75 Å². The van der Waals surface area contributed by atoms with Gasteiger partial charge in [-0.2, -0.15) is 0 Å². The highest BCUT2D eigenvalue weighted by Gasteiger charge is 2.14. The van der Waals surface area contributed by atoms with Gasteiger partial charge in [0.05, 0.1) is 6.61 Å². The van der Waals surface area contributed by atoms with E-state index in [0.29, 0.717) is 13.0 Å². The van der Waals surface area contributed by atoms with E-state index in [4.69, 9.17) is 9.47 Å². The van der Waals surface area contributed by atoms with Crippen LogP contribution >= 0.6 is 0 Å². The fourth-order valence-corrected chi connectivity index (χ4v) is 1.94. The summed E-state index contributed by atoms with van der Waals surface area (Å²) in [5.41, 5.74) is 2.06. The summed E-state index contributed by atoms with van der Waals surface area (Å²) >= 11 is 0. The number of carbonyl (C=O) groups excluding carboxylic acids is 1. The maximum atomic E-state index is 11.3. The van der Waals surface area contributed by atoms with Gasteiger partial charge in [-0.3, -0.25) is 4.79 Å². The van der Waals surface area contributed by atoms with E-state index in [2.05, 4.69) is 5.32 Å². The Hall–Kier alpha value is -1.55. The quantitative estimate of drug-likeness (QED) is 0.787. The van der Waals surface area contributed by atoms with E-state index in [1.54, 1.807) is 0 Å². The van der Waals surface area contributed by atoms with E-state index >= 15 is 0 Å². The minimum absolute atomic E-state index is 0.0796. The average molecular weight is 249 g/mol. The highest BCUT2D eigenvalue weighted by Crippen LogP contribution is 2.27. The maximum Gasteiger partial charge on any atom is 0.224 e. The van der Waals surface area contributed by atoms with Gasteiger partial charge in [0, 0.05) is 37.8 Å². The molecule has 0 unspecified atom stereocenters. The number of aryl methyl sites for hydroxylation is 1. The summed E-state index contributed by atoms with van der Waals surface area (Å²) in [5, 5.41) is 2.87. The van der Waals surface area contributed by atoms with Crippen molar-refractivity contribution in [2.24, 2.45) is 0 Å². The van der Waals surface area contributed by atoms with Gasteiger partial charge in [0.2, 0.25) is 5.91 Å². The summed E-state index contributed by atoms with van der Waals surface area (Å²) < 4.78 is 10.9. The van der Waals surface area contributed by atoms with Crippen LogP contribution < -0.4 is 10.1 Å². The molecule has 18 heavy (non-hydrogen) atoms. The molecule has 0 bridgehead atoms. The van der Waals surface area contributed by atoms with E-state index in [0.717, 1.165) is 37.5 Å². The first-order valence-electron chi connectivity index (χ1n) is 6.43. The molecule has 98 valence electrons. The smallest absolute Gasteiger partial charge is 0.224 e. The molecule has 1 aliphatic rings. The van der Waals surface area contributed by atoms with Gasteiger partial charge in [-0.1, -0.05) is 6.07 Å². The van der Waals surface area contributed by atoms with Crippen molar-refractivity contribution >= 4 is 11.6 Å². The molecule has 0 aliphatic carbocycles. The lowest BCUT2D eigenvalue weighted by Gasteiger charge is -2.17. The van der Waals surface area contributed by atoms with E-state index in [-0.39, 0.29) is 5.91 Å². The van der Waals surface area contributed by atoms with Crippen LogP contribution in [-0.2, 0) is 16.0 Å². The lowest BCUT2D eigenvalue weighted by atomic mass is 10.0. The van der Waals surface area contributed by atoms with Crippen LogP contribution in [0.4, 0.5) is 5.69 Å². The van der Waals surface area contributed by atoms with Gasteiger partial charge in [0.25, 0.3) is 0 Å². The summed E-state index contributed by atoms with van der Waals surface area (Å²) in [6.45, 7) is 4.07. The summed E-state index contributed by atoms with van der Waals surface area (Å²) in [4.78, 5) is 11.3. The number of nitrogens with one attached hydrogen (secondary N) is 1. The Morgan fingerprint density at radius 3 is 3.00 bits per heavy atom. The number of fused-ring (bicyclic) bond motifs is 1. The summed E-state index contributed by atoms with van der Waals surface area (Å²) in [6.07, 6.45) is 2.25. The Morgan fingerprint density at radius 1 is 1.28 bits per heavy atom. The number of anilines is 1. The molecule has 1 aromatic carbocycles. The largest absolute Gasteiger partial charge is 0.493 e. The molecule has 1 aromatic rings. The van der Waals surface area contributed by atoms with Crippen LogP contribution in [0.5, 0.6) is 5.75 Å². The minimum Gasteiger partial charge on any atom is -0.493 e. The molecule has 1 aliphatic heterocycles. The minimum atomic E-state index is 0.0796. The average Bonchev–Trinajstić information content (AvgIpc) is 2.38. The van der Waals surface area contributed by atoms with E-state index in [1.807, 2.05) is 25.1 Å². The molecule has 0 fully saturated rings. The van der Waals surface area contributed by atoms with Crippen molar-refractivity contribution in [2.75, 3.05) is 25.1 Å². The molecule has 4 heteroatoms. The molecule has 0 saturated heterocycles. The van der Waals surface area contributed by atoms with Gasteiger partial charge in [-0.15, -0.1) is 0 Å². The van der Waals surface area contributed by atoms with Crippen molar-refractivity contribution in [3.05, 3.63) is 23.8 Å². The van der Waals surface area contributed by atoms with Crippen molar-refractivity contribution in [1.29, 1.82) is 0 Å². The third kappa shape index (κ3) is 3.47. The molecule has 2 rings (SSSR count). The topological polar surface area (TPSA) is 47.6 Å². The Balaban J connectivity index is 1.86. The van der Waals surface area contributed by atoms with Crippen molar-refractivity contribution in [1.82, 2.24) is 0 Å². The molecule has 1 N–H and O–H groups in total. The predicted octanol–water partition coefficient (Wildman–Crippen LogP) is 2.38. The number of carbonyl (C=O) groups is 1. The van der Waals surface area contributed by atoms with Crippen LogP contribution in [0.3, 0.4) is 0 Å². The zero-order valence-electron chi connectivity index (χ0n) is 10.7. The van der Waals surface area contributed by atoms with E-state index in [9.17, 15) is 4.79 Å². The first-order valence-corrected chi connectivity index (χ1v) is 6.43. The molecule has 0 saturated carbocycles. The number of ether oxygens (including phenoxy) is 2.